The standard InChI is InChI=1S/C19H16ClF3N2O/c1-11-13-7-3-4-8-14(13)17(25(11)2)18(26)24-10-12-6-5-9-15(16(12)20)19(21,22)23/h3-9,17H,1,10H2,2H3,(H,24,26). The number of nitrogens with zero attached hydrogens (tertiary/aromatic N) is 1. The van der Waals surface area contributed by atoms with Gasteiger partial charge >= 0.3 is 6.18 Å². The molecule has 0 bridgehead atoms. The van der Waals surface area contributed by atoms with Crippen molar-refractivity contribution in [3.63, 3.8) is 0 Å². The molecule has 0 aliphatic carbocycles. The lowest BCUT2D eigenvalue weighted by Gasteiger charge is -2.22. The number of hydrogen-bond acceptors (Lipinski definition) is 2. The van der Waals surface area contributed by atoms with Crippen LogP contribution in [0.1, 0.15) is 28.3 Å². The zero-order valence-electron chi connectivity index (χ0n) is 13.9. The molecule has 2 aromatic rings. The number of benzene rings is 2. The second-order valence-electron chi connectivity index (χ2n) is 6.04. The summed E-state index contributed by atoms with van der Waals surface area (Å²) in [6.45, 7) is 3.88. The summed E-state index contributed by atoms with van der Waals surface area (Å²) in [5.74, 6) is -0.327. The van der Waals surface area contributed by atoms with Crippen LogP contribution in [-0.4, -0.2) is 17.9 Å². The molecule has 0 saturated heterocycles. The first-order chi connectivity index (χ1) is 12.2. The maximum Gasteiger partial charge on any atom is 0.417 e. The topological polar surface area (TPSA) is 32.3 Å². The van der Waals surface area contributed by atoms with E-state index in [0.717, 1.165) is 22.9 Å². The number of carbonyl (C=O) groups excluding carboxylic acids is 1. The third kappa shape index (κ3) is 3.17. The third-order valence-corrected chi connectivity index (χ3v) is 4.91. The number of likely N-dealkylation sites (N-methyl/N-ethyl adjacent to an activating group) is 1. The van der Waals surface area contributed by atoms with Crippen molar-refractivity contribution in [3.05, 3.63) is 76.3 Å². The van der Waals surface area contributed by atoms with Gasteiger partial charge in [-0.3, -0.25) is 4.79 Å². The Morgan fingerprint density at radius 1 is 1.23 bits per heavy atom. The Balaban J connectivity index is 1.80. The second-order valence-corrected chi connectivity index (χ2v) is 6.42. The van der Waals surface area contributed by atoms with Crippen LogP contribution in [0, 0.1) is 0 Å². The lowest BCUT2D eigenvalue weighted by atomic mass is 10.0. The summed E-state index contributed by atoms with van der Waals surface area (Å²) in [4.78, 5) is 14.4. The van der Waals surface area contributed by atoms with Crippen LogP contribution in [0.2, 0.25) is 5.02 Å². The van der Waals surface area contributed by atoms with E-state index in [9.17, 15) is 18.0 Å². The monoisotopic (exact) mass is 380 g/mol. The highest BCUT2D eigenvalue weighted by Crippen LogP contribution is 2.39. The van der Waals surface area contributed by atoms with Gasteiger partial charge in [0.25, 0.3) is 0 Å². The van der Waals surface area contributed by atoms with Crippen LogP contribution in [0.3, 0.4) is 0 Å². The average Bonchev–Trinajstić information content (AvgIpc) is 2.84. The number of amides is 1. The Bertz CT molecular complexity index is 879. The van der Waals surface area contributed by atoms with Crippen LogP contribution in [0.15, 0.2) is 49.0 Å². The van der Waals surface area contributed by atoms with Gasteiger partial charge < -0.3 is 10.2 Å². The highest BCUT2D eigenvalue weighted by Gasteiger charge is 2.36. The van der Waals surface area contributed by atoms with Crippen molar-refractivity contribution in [3.8, 4) is 0 Å². The summed E-state index contributed by atoms with van der Waals surface area (Å²) >= 11 is 5.87. The van der Waals surface area contributed by atoms with Crippen LogP contribution in [-0.2, 0) is 17.5 Å². The number of nitrogens with one attached hydrogen (secondary N) is 1. The van der Waals surface area contributed by atoms with Crippen LogP contribution < -0.4 is 5.32 Å². The molecule has 2 aromatic carbocycles. The minimum Gasteiger partial charge on any atom is -0.359 e. The summed E-state index contributed by atoms with van der Waals surface area (Å²) in [6, 6.07) is 10.5. The number of carbonyl (C=O) groups is 1. The van der Waals surface area contributed by atoms with Gasteiger partial charge in [-0.15, -0.1) is 0 Å². The van der Waals surface area contributed by atoms with Crippen molar-refractivity contribution in [2.45, 2.75) is 18.8 Å². The minimum absolute atomic E-state index is 0.0967. The van der Waals surface area contributed by atoms with Gasteiger partial charge in [-0.05, 0) is 17.2 Å². The molecule has 26 heavy (non-hydrogen) atoms. The molecule has 0 fully saturated rings. The molecule has 1 aliphatic rings. The molecular weight excluding hydrogens is 365 g/mol. The van der Waals surface area contributed by atoms with Crippen LogP contribution in [0.25, 0.3) is 5.70 Å². The number of hydrogen-bond donors (Lipinski definition) is 1. The van der Waals surface area contributed by atoms with Gasteiger partial charge in [0.1, 0.15) is 6.04 Å². The largest absolute Gasteiger partial charge is 0.417 e. The number of rotatable bonds is 3. The molecule has 1 N–H and O–H groups in total. The first-order valence-electron chi connectivity index (χ1n) is 7.85. The molecule has 1 unspecified atom stereocenters. The molecule has 1 heterocycles. The van der Waals surface area contributed by atoms with E-state index in [4.69, 9.17) is 11.6 Å². The van der Waals surface area contributed by atoms with Gasteiger partial charge in [0.15, 0.2) is 0 Å². The van der Waals surface area contributed by atoms with Crippen LogP contribution in [0.5, 0.6) is 0 Å². The van der Waals surface area contributed by atoms with E-state index in [1.165, 1.54) is 12.1 Å². The normalized spacial score (nSPS) is 16.6. The predicted molar refractivity (Wildman–Crippen MR) is 94.3 cm³/mol. The summed E-state index contributed by atoms with van der Waals surface area (Å²) in [6.07, 6.45) is -4.54. The fraction of sp³-hybridized carbons (Fsp3) is 0.211. The van der Waals surface area contributed by atoms with E-state index < -0.39 is 22.8 Å². The Morgan fingerprint density at radius 2 is 1.92 bits per heavy atom. The molecule has 3 rings (SSSR count). The van der Waals surface area contributed by atoms with Gasteiger partial charge in [-0.25, -0.2) is 0 Å². The SMILES string of the molecule is C=C1c2ccccc2C(C(=O)NCc2cccc(C(F)(F)F)c2Cl)N1C. The van der Waals surface area contributed by atoms with Gasteiger partial charge in [0.05, 0.1) is 10.6 Å². The van der Waals surface area contributed by atoms with Gasteiger partial charge in [-0.2, -0.15) is 13.2 Å². The molecule has 1 amide bonds. The highest BCUT2D eigenvalue weighted by molar-refractivity contribution is 6.32. The molecule has 136 valence electrons. The number of halogens is 4. The van der Waals surface area contributed by atoms with E-state index in [-0.39, 0.29) is 18.0 Å². The van der Waals surface area contributed by atoms with E-state index in [1.54, 1.807) is 11.9 Å². The molecule has 0 saturated carbocycles. The number of alkyl halides is 3. The Labute approximate surface area is 154 Å². The van der Waals surface area contributed by atoms with E-state index >= 15 is 0 Å². The minimum atomic E-state index is -4.54. The zero-order chi connectivity index (χ0) is 19.1. The van der Waals surface area contributed by atoms with Crippen molar-refractivity contribution in [2.24, 2.45) is 0 Å². The maximum atomic E-state index is 12.9. The average molecular weight is 381 g/mol. The van der Waals surface area contributed by atoms with Crippen molar-refractivity contribution in [2.75, 3.05) is 7.05 Å². The van der Waals surface area contributed by atoms with Gasteiger partial charge in [-0.1, -0.05) is 54.6 Å². The predicted octanol–water partition coefficient (Wildman–Crippen LogP) is 4.63. The smallest absolute Gasteiger partial charge is 0.359 e. The lowest BCUT2D eigenvalue weighted by Crippen LogP contribution is -2.34. The van der Waals surface area contributed by atoms with E-state index in [0.29, 0.717) is 0 Å². The van der Waals surface area contributed by atoms with Crippen molar-refractivity contribution < 1.29 is 18.0 Å². The summed E-state index contributed by atoms with van der Waals surface area (Å²) in [5, 5.41) is 2.28. The van der Waals surface area contributed by atoms with Crippen molar-refractivity contribution in [1.82, 2.24) is 10.2 Å². The molecule has 7 heteroatoms. The van der Waals surface area contributed by atoms with Gasteiger partial charge in [0.2, 0.25) is 5.91 Å². The first kappa shape index (κ1) is 18.3. The van der Waals surface area contributed by atoms with Crippen LogP contribution >= 0.6 is 11.6 Å². The summed E-state index contributed by atoms with van der Waals surface area (Å²) in [7, 11) is 1.75. The molecule has 3 nitrogen and oxygen atoms in total. The van der Waals surface area contributed by atoms with Crippen molar-refractivity contribution >= 4 is 23.2 Å². The van der Waals surface area contributed by atoms with Crippen molar-refractivity contribution in [1.29, 1.82) is 0 Å². The Morgan fingerprint density at radius 3 is 2.62 bits per heavy atom. The van der Waals surface area contributed by atoms with E-state index in [2.05, 4.69) is 11.9 Å². The summed E-state index contributed by atoms with van der Waals surface area (Å²) in [5.41, 5.74) is 1.71. The molecule has 0 aromatic heterocycles. The maximum absolute atomic E-state index is 12.9. The Kier molecular flexibility index (Phi) is 4.71. The third-order valence-electron chi connectivity index (χ3n) is 4.46. The lowest BCUT2D eigenvalue weighted by molar-refractivity contribution is -0.137. The summed E-state index contributed by atoms with van der Waals surface area (Å²) < 4.78 is 38.8. The van der Waals surface area contributed by atoms with Crippen LogP contribution in [0.4, 0.5) is 13.2 Å². The molecule has 1 atom stereocenters. The fourth-order valence-corrected chi connectivity index (χ4v) is 3.38. The fourth-order valence-electron chi connectivity index (χ4n) is 3.08. The second kappa shape index (κ2) is 6.68. The molecular formula is C19H16ClF3N2O. The quantitative estimate of drug-likeness (QED) is 0.841. The first-order valence-corrected chi connectivity index (χ1v) is 8.23. The highest BCUT2D eigenvalue weighted by atomic mass is 35.5. The molecule has 1 aliphatic heterocycles. The van der Waals surface area contributed by atoms with E-state index in [1.807, 2.05) is 24.3 Å². The zero-order valence-corrected chi connectivity index (χ0v) is 14.7. The number of fused-ring (bicyclic) bond motifs is 1. The molecule has 0 spiro atoms. The molecule has 0 radical (unpaired) electrons. The van der Waals surface area contributed by atoms with Gasteiger partial charge in [0, 0.05) is 24.9 Å². The Hall–Kier alpha value is -2.47.